The van der Waals surface area contributed by atoms with Crippen molar-refractivity contribution in [1.82, 2.24) is 10.6 Å². The standard InChI is InChI=1S/C13H17N3O3S/c1-3-4-7-14-13(20)15-12(17)10-5-6-11(16(18)19)9(2)8-10/h5-6,8H,3-4,7H2,1-2H3,(H2,14,15,17,20). The summed E-state index contributed by atoms with van der Waals surface area (Å²) in [5.74, 6) is -0.378. The largest absolute Gasteiger partial charge is 0.362 e. The van der Waals surface area contributed by atoms with Crippen LogP contribution in [0.1, 0.15) is 35.7 Å². The number of nitro groups is 1. The van der Waals surface area contributed by atoms with Crippen molar-refractivity contribution in [2.45, 2.75) is 26.7 Å². The van der Waals surface area contributed by atoms with Crippen molar-refractivity contribution in [2.24, 2.45) is 0 Å². The molecule has 0 spiro atoms. The van der Waals surface area contributed by atoms with E-state index < -0.39 is 4.92 Å². The molecular weight excluding hydrogens is 278 g/mol. The van der Waals surface area contributed by atoms with Gasteiger partial charge in [0.1, 0.15) is 0 Å². The van der Waals surface area contributed by atoms with E-state index in [4.69, 9.17) is 12.2 Å². The second-order valence-corrected chi connectivity index (χ2v) is 4.73. The molecule has 0 unspecified atom stereocenters. The van der Waals surface area contributed by atoms with Crippen LogP contribution in [-0.2, 0) is 0 Å². The third-order valence-electron chi connectivity index (χ3n) is 2.70. The number of hydrogen-bond acceptors (Lipinski definition) is 4. The van der Waals surface area contributed by atoms with Gasteiger partial charge in [0.2, 0.25) is 0 Å². The molecule has 7 heteroatoms. The molecule has 6 nitrogen and oxygen atoms in total. The van der Waals surface area contributed by atoms with Gasteiger partial charge in [-0.1, -0.05) is 13.3 Å². The first kappa shape index (κ1) is 16.0. The second kappa shape index (κ2) is 7.54. The maximum atomic E-state index is 11.9. The fourth-order valence-electron chi connectivity index (χ4n) is 1.60. The molecule has 1 rings (SSSR count). The maximum Gasteiger partial charge on any atom is 0.272 e. The number of hydrogen-bond donors (Lipinski definition) is 2. The smallest absolute Gasteiger partial charge is 0.272 e. The highest BCUT2D eigenvalue weighted by molar-refractivity contribution is 7.80. The van der Waals surface area contributed by atoms with Gasteiger partial charge in [0, 0.05) is 23.7 Å². The summed E-state index contributed by atoms with van der Waals surface area (Å²) in [6, 6.07) is 4.20. The van der Waals surface area contributed by atoms with Crippen LogP contribution in [0.15, 0.2) is 18.2 Å². The number of thiocarbonyl (C=S) groups is 1. The molecular formula is C13H17N3O3S. The Bertz CT molecular complexity index is 532. The van der Waals surface area contributed by atoms with Crippen molar-refractivity contribution in [3.05, 3.63) is 39.4 Å². The summed E-state index contributed by atoms with van der Waals surface area (Å²) >= 11 is 4.99. The van der Waals surface area contributed by atoms with Crippen LogP contribution in [0, 0.1) is 17.0 Å². The number of carbonyl (C=O) groups excluding carboxylic acids is 1. The van der Waals surface area contributed by atoms with Gasteiger partial charge in [-0.2, -0.15) is 0 Å². The Kier molecular flexibility index (Phi) is 6.05. The van der Waals surface area contributed by atoms with Gasteiger partial charge in [0.25, 0.3) is 11.6 Å². The van der Waals surface area contributed by atoms with Gasteiger partial charge in [-0.3, -0.25) is 20.2 Å². The van der Waals surface area contributed by atoms with Crippen molar-refractivity contribution in [3.63, 3.8) is 0 Å². The van der Waals surface area contributed by atoms with Gasteiger partial charge in [0.05, 0.1) is 4.92 Å². The molecule has 0 aliphatic carbocycles. The lowest BCUT2D eigenvalue weighted by Gasteiger charge is -2.09. The van der Waals surface area contributed by atoms with Crippen LogP contribution in [0.5, 0.6) is 0 Å². The van der Waals surface area contributed by atoms with Crippen LogP contribution >= 0.6 is 12.2 Å². The van der Waals surface area contributed by atoms with Crippen molar-refractivity contribution < 1.29 is 9.72 Å². The van der Waals surface area contributed by atoms with Gasteiger partial charge < -0.3 is 5.32 Å². The number of nitrogens with zero attached hydrogens (tertiary/aromatic N) is 1. The molecule has 0 saturated heterocycles. The molecule has 0 bridgehead atoms. The number of carbonyl (C=O) groups is 1. The lowest BCUT2D eigenvalue weighted by Crippen LogP contribution is -2.39. The summed E-state index contributed by atoms with van der Waals surface area (Å²) in [7, 11) is 0. The molecule has 108 valence electrons. The van der Waals surface area contributed by atoms with Gasteiger partial charge in [-0.05, 0) is 37.7 Å². The first-order valence-corrected chi connectivity index (χ1v) is 6.70. The molecule has 0 radical (unpaired) electrons. The number of amides is 1. The molecule has 0 aromatic heterocycles. The Balaban J connectivity index is 2.66. The number of benzene rings is 1. The van der Waals surface area contributed by atoms with Gasteiger partial charge in [0.15, 0.2) is 5.11 Å². The van der Waals surface area contributed by atoms with E-state index in [1.165, 1.54) is 18.2 Å². The highest BCUT2D eigenvalue weighted by atomic mass is 32.1. The summed E-state index contributed by atoms with van der Waals surface area (Å²) < 4.78 is 0. The summed E-state index contributed by atoms with van der Waals surface area (Å²) in [6.07, 6.45) is 2.00. The molecule has 1 amide bonds. The average Bonchev–Trinajstić information content (AvgIpc) is 2.38. The number of rotatable bonds is 5. The third-order valence-corrected chi connectivity index (χ3v) is 2.95. The number of nitrogens with one attached hydrogen (secondary N) is 2. The molecule has 0 saturated carbocycles. The van der Waals surface area contributed by atoms with E-state index in [-0.39, 0.29) is 16.7 Å². The predicted molar refractivity (Wildman–Crippen MR) is 80.8 cm³/mol. The van der Waals surface area contributed by atoms with Crippen LogP contribution in [0.25, 0.3) is 0 Å². The van der Waals surface area contributed by atoms with Gasteiger partial charge in [-0.15, -0.1) is 0 Å². The van der Waals surface area contributed by atoms with Crippen LogP contribution in [-0.4, -0.2) is 22.5 Å². The summed E-state index contributed by atoms with van der Waals surface area (Å²) in [5, 5.41) is 16.4. The molecule has 0 atom stereocenters. The molecule has 20 heavy (non-hydrogen) atoms. The first-order chi connectivity index (χ1) is 9.45. The van der Waals surface area contributed by atoms with Crippen LogP contribution in [0.4, 0.5) is 5.69 Å². The van der Waals surface area contributed by atoms with E-state index in [0.717, 1.165) is 12.8 Å². The van der Waals surface area contributed by atoms with Crippen molar-refractivity contribution >= 4 is 28.9 Å². The highest BCUT2D eigenvalue weighted by Crippen LogP contribution is 2.18. The van der Waals surface area contributed by atoms with E-state index in [0.29, 0.717) is 17.7 Å². The Morgan fingerprint density at radius 2 is 2.15 bits per heavy atom. The SMILES string of the molecule is CCCCNC(=S)NC(=O)c1ccc([N+](=O)[O-])c(C)c1. The Morgan fingerprint density at radius 1 is 1.45 bits per heavy atom. The second-order valence-electron chi connectivity index (χ2n) is 4.32. The Morgan fingerprint density at radius 3 is 2.70 bits per heavy atom. The number of unbranched alkanes of at least 4 members (excludes halogenated alkanes) is 1. The molecule has 0 aliphatic heterocycles. The molecule has 1 aromatic carbocycles. The monoisotopic (exact) mass is 295 g/mol. The average molecular weight is 295 g/mol. The Hall–Kier alpha value is -2.02. The zero-order valence-electron chi connectivity index (χ0n) is 11.4. The van der Waals surface area contributed by atoms with Gasteiger partial charge in [-0.25, -0.2) is 0 Å². The first-order valence-electron chi connectivity index (χ1n) is 6.30. The van der Waals surface area contributed by atoms with Crippen LogP contribution in [0.2, 0.25) is 0 Å². The molecule has 0 heterocycles. The normalized spacial score (nSPS) is 9.90. The zero-order valence-corrected chi connectivity index (χ0v) is 12.3. The quantitative estimate of drug-likeness (QED) is 0.377. The molecule has 2 N–H and O–H groups in total. The minimum Gasteiger partial charge on any atom is -0.362 e. The van der Waals surface area contributed by atoms with E-state index in [1.807, 2.05) is 0 Å². The summed E-state index contributed by atoms with van der Waals surface area (Å²) in [4.78, 5) is 22.1. The fourth-order valence-corrected chi connectivity index (χ4v) is 1.79. The van der Waals surface area contributed by atoms with E-state index >= 15 is 0 Å². The Labute approximate surface area is 122 Å². The molecule has 1 aromatic rings. The number of aryl methyl sites for hydroxylation is 1. The van der Waals surface area contributed by atoms with E-state index in [1.54, 1.807) is 6.92 Å². The van der Waals surface area contributed by atoms with E-state index in [2.05, 4.69) is 17.6 Å². The van der Waals surface area contributed by atoms with Gasteiger partial charge >= 0.3 is 0 Å². The van der Waals surface area contributed by atoms with Crippen molar-refractivity contribution in [1.29, 1.82) is 0 Å². The third kappa shape index (κ3) is 4.58. The van der Waals surface area contributed by atoms with Crippen LogP contribution < -0.4 is 10.6 Å². The summed E-state index contributed by atoms with van der Waals surface area (Å²) in [5.41, 5.74) is 0.769. The minimum absolute atomic E-state index is 0.00908. The lowest BCUT2D eigenvalue weighted by atomic mass is 10.1. The molecule has 0 aliphatic rings. The number of nitro benzene ring substituents is 1. The van der Waals surface area contributed by atoms with Crippen molar-refractivity contribution in [2.75, 3.05) is 6.54 Å². The van der Waals surface area contributed by atoms with Crippen LogP contribution in [0.3, 0.4) is 0 Å². The summed E-state index contributed by atoms with van der Waals surface area (Å²) in [6.45, 7) is 4.35. The lowest BCUT2D eigenvalue weighted by molar-refractivity contribution is -0.385. The predicted octanol–water partition coefficient (Wildman–Crippen LogP) is 2.31. The van der Waals surface area contributed by atoms with E-state index in [9.17, 15) is 14.9 Å². The maximum absolute atomic E-state index is 11.9. The fraction of sp³-hybridized carbons (Fsp3) is 0.385. The topological polar surface area (TPSA) is 84.3 Å². The van der Waals surface area contributed by atoms with Crippen molar-refractivity contribution in [3.8, 4) is 0 Å². The molecule has 0 fully saturated rings. The zero-order chi connectivity index (χ0) is 15.1. The highest BCUT2D eigenvalue weighted by Gasteiger charge is 2.14. The minimum atomic E-state index is -0.478.